The first-order chi connectivity index (χ1) is 14.7. The summed E-state index contributed by atoms with van der Waals surface area (Å²) < 4.78 is 30.5. The van der Waals surface area contributed by atoms with Gasteiger partial charge in [-0.1, -0.05) is 28.9 Å². The third kappa shape index (κ3) is 4.42. The van der Waals surface area contributed by atoms with Gasteiger partial charge in [0.1, 0.15) is 11.4 Å². The summed E-state index contributed by atoms with van der Waals surface area (Å²) in [5.41, 5.74) is 0.829. The number of rotatable bonds is 7. The maximum atomic E-state index is 13.0. The number of benzene rings is 2. The molecule has 1 heterocycles. The SMILES string of the molecule is O=c1c(NCc2ccc(Cl)cc2)c(Nc2ccc(-c3noc(C(F)(F)Cl)n3)cc2)c1=O. The lowest BCUT2D eigenvalue weighted by Gasteiger charge is -2.15. The summed E-state index contributed by atoms with van der Waals surface area (Å²) in [7, 11) is 0. The molecule has 0 saturated carbocycles. The van der Waals surface area contributed by atoms with E-state index in [0.717, 1.165) is 5.56 Å². The molecule has 0 bridgehead atoms. The van der Waals surface area contributed by atoms with Crippen LogP contribution in [0.5, 0.6) is 0 Å². The minimum Gasteiger partial charge on any atom is -0.376 e. The smallest absolute Gasteiger partial charge is 0.376 e. The van der Waals surface area contributed by atoms with Gasteiger partial charge in [0.25, 0.3) is 10.9 Å². The normalized spacial score (nSPS) is 11.6. The second-order valence-electron chi connectivity index (χ2n) is 6.51. The van der Waals surface area contributed by atoms with E-state index in [1.165, 1.54) is 12.1 Å². The van der Waals surface area contributed by atoms with E-state index < -0.39 is 22.1 Å². The Morgan fingerprint density at radius 1 is 0.968 bits per heavy atom. The molecule has 158 valence electrons. The molecule has 0 spiro atoms. The number of hydrogen-bond donors (Lipinski definition) is 2. The van der Waals surface area contributed by atoms with Crippen LogP contribution in [0, 0.1) is 0 Å². The first-order valence-electron chi connectivity index (χ1n) is 8.82. The number of halogens is 4. The zero-order valence-electron chi connectivity index (χ0n) is 15.5. The zero-order valence-corrected chi connectivity index (χ0v) is 17.0. The number of hydrogen-bond acceptors (Lipinski definition) is 7. The van der Waals surface area contributed by atoms with Crippen LogP contribution in [-0.4, -0.2) is 10.1 Å². The first kappa shape index (κ1) is 21.0. The molecule has 0 unspecified atom stereocenters. The molecule has 4 rings (SSSR count). The third-order valence-electron chi connectivity index (χ3n) is 4.37. The number of aromatic nitrogens is 2. The Labute approximate surface area is 183 Å². The highest BCUT2D eigenvalue weighted by atomic mass is 35.5. The van der Waals surface area contributed by atoms with Gasteiger partial charge < -0.3 is 15.2 Å². The molecule has 0 aliphatic rings. The molecule has 2 N–H and O–H groups in total. The molecule has 0 atom stereocenters. The van der Waals surface area contributed by atoms with Gasteiger partial charge in [-0.15, -0.1) is 0 Å². The number of nitrogens with zero attached hydrogens (tertiary/aromatic N) is 2. The second-order valence-corrected chi connectivity index (χ2v) is 7.42. The summed E-state index contributed by atoms with van der Waals surface area (Å²) in [4.78, 5) is 27.5. The van der Waals surface area contributed by atoms with E-state index in [4.69, 9.17) is 23.2 Å². The Balaban J connectivity index is 1.47. The Kier molecular flexibility index (Phi) is 5.47. The summed E-state index contributed by atoms with van der Waals surface area (Å²) in [6.45, 7) is 0.334. The van der Waals surface area contributed by atoms with E-state index in [2.05, 4.69) is 25.3 Å². The summed E-state index contributed by atoms with van der Waals surface area (Å²) >= 11 is 10.7. The maximum Gasteiger partial charge on any atom is 0.400 e. The van der Waals surface area contributed by atoms with Crippen molar-refractivity contribution in [1.82, 2.24) is 10.1 Å². The largest absolute Gasteiger partial charge is 0.400 e. The molecule has 3 aromatic carbocycles. The van der Waals surface area contributed by atoms with Crippen LogP contribution < -0.4 is 21.5 Å². The minimum absolute atomic E-state index is 0.0682. The van der Waals surface area contributed by atoms with E-state index >= 15 is 0 Å². The minimum atomic E-state index is -3.76. The Hall–Kier alpha value is -3.30. The fourth-order valence-corrected chi connectivity index (χ4v) is 2.98. The topological polar surface area (TPSA) is 97.1 Å². The van der Waals surface area contributed by atoms with E-state index in [1.807, 2.05) is 0 Å². The maximum absolute atomic E-state index is 13.0. The number of anilines is 3. The first-order valence-corrected chi connectivity index (χ1v) is 9.58. The molecule has 31 heavy (non-hydrogen) atoms. The van der Waals surface area contributed by atoms with Crippen LogP contribution in [0.4, 0.5) is 25.8 Å². The van der Waals surface area contributed by atoms with Gasteiger partial charge in [-0.2, -0.15) is 13.8 Å². The molecule has 0 saturated heterocycles. The van der Waals surface area contributed by atoms with Crippen LogP contribution in [0.15, 0.2) is 62.6 Å². The molecular weight excluding hydrogens is 453 g/mol. The highest BCUT2D eigenvalue weighted by Gasteiger charge is 2.35. The van der Waals surface area contributed by atoms with Crippen molar-refractivity contribution in [2.45, 2.75) is 11.9 Å². The lowest BCUT2D eigenvalue weighted by atomic mass is 10.1. The molecule has 11 heteroatoms. The number of alkyl halides is 3. The second kappa shape index (κ2) is 8.09. The Morgan fingerprint density at radius 2 is 1.61 bits per heavy atom. The van der Waals surface area contributed by atoms with Crippen molar-refractivity contribution in [1.29, 1.82) is 0 Å². The number of nitrogens with one attached hydrogen (secondary N) is 2. The van der Waals surface area contributed by atoms with Crippen LogP contribution in [0.1, 0.15) is 11.5 Å². The zero-order chi connectivity index (χ0) is 22.2. The van der Waals surface area contributed by atoms with E-state index in [9.17, 15) is 18.4 Å². The highest BCUT2D eigenvalue weighted by molar-refractivity contribution is 6.30. The van der Waals surface area contributed by atoms with Crippen molar-refractivity contribution < 1.29 is 13.3 Å². The van der Waals surface area contributed by atoms with Gasteiger partial charge in [-0.05, 0) is 53.6 Å². The van der Waals surface area contributed by atoms with E-state index in [0.29, 0.717) is 22.8 Å². The molecule has 0 aliphatic heterocycles. The monoisotopic (exact) mass is 464 g/mol. The molecular formula is C20H12Cl2F2N4O3. The molecule has 7 nitrogen and oxygen atoms in total. The van der Waals surface area contributed by atoms with Gasteiger partial charge in [0, 0.05) is 22.8 Å². The summed E-state index contributed by atoms with van der Waals surface area (Å²) in [6.07, 6.45) is 0. The molecule has 0 fully saturated rings. The van der Waals surface area contributed by atoms with Gasteiger partial charge in [0.05, 0.1) is 0 Å². The lowest BCUT2D eigenvalue weighted by Crippen LogP contribution is -2.36. The highest BCUT2D eigenvalue weighted by Crippen LogP contribution is 2.32. The summed E-state index contributed by atoms with van der Waals surface area (Å²) in [6, 6.07) is 13.3. The van der Waals surface area contributed by atoms with Gasteiger partial charge in [-0.25, -0.2) is 0 Å². The van der Waals surface area contributed by atoms with Gasteiger partial charge >= 0.3 is 11.3 Å². The fourth-order valence-electron chi connectivity index (χ4n) is 2.78. The van der Waals surface area contributed by atoms with Crippen molar-refractivity contribution in [2.75, 3.05) is 10.6 Å². The van der Waals surface area contributed by atoms with Gasteiger partial charge in [0.2, 0.25) is 5.82 Å². The van der Waals surface area contributed by atoms with Crippen LogP contribution in [0.25, 0.3) is 11.4 Å². The van der Waals surface area contributed by atoms with E-state index in [-0.39, 0.29) is 17.2 Å². The van der Waals surface area contributed by atoms with Crippen LogP contribution >= 0.6 is 23.2 Å². The van der Waals surface area contributed by atoms with Crippen LogP contribution in [0.3, 0.4) is 0 Å². The predicted octanol–water partition coefficient (Wildman–Crippen LogP) is 4.63. The van der Waals surface area contributed by atoms with Crippen molar-refractivity contribution in [3.05, 3.63) is 85.5 Å². The molecule has 4 aromatic rings. The average Bonchev–Trinajstić information content (AvgIpc) is 3.25. The Morgan fingerprint density at radius 3 is 2.23 bits per heavy atom. The molecule has 0 radical (unpaired) electrons. The molecule has 0 amide bonds. The van der Waals surface area contributed by atoms with Crippen LogP contribution in [0.2, 0.25) is 5.02 Å². The van der Waals surface area contributed by atoms with E-state index in [1.54, 1.807) is 36.4 Å². The van der Waals surface area contributed by atoms with Gasteiger partial charge in [-0.3, -0.25) is 9.59 Å². The molecule has 1 aromatic heterocycles. The Bertz CT molecular complexity index is 1290. The van der Waals surface area contributed by atoms with Crippen molar-refractivity contribution in [2.24, 2.45) is 0 Å². The molecule has 0 aliphatic carbocycles. The summed E-state index contributed by atoms with van der Waals surface area (Å²) in [5.74, 6) is -1.08. The van der Waals surface area contributed by atoms with Crippen molar-refractivity contribution in [3.63, 3.8) is 0 Å². The standard InChI is InChI=1S/C20H12Cl2F2N4O3/c21-12-5-1-10(2-6-12)9-25-14-15(17(30)16(14)29)26-13-7-3-11(4-8-13)18-27-19(31-28-18)20(22,23)24/h1-8,25-26H,9H2. The fraction of sp³-hybridized carbons (Fsp3) is 0.100. The predicted molar refractivity (Wildman–Crippen MR) is 113 cm³/mol. The quantitative estimate of drug-likeness (QED) is 0.304. The van der Waals surface area contributed by atoms with Crippen LogP contribution in [-0.2, 0) is 11.9 Å². The van der Waals surface area contributed by atoms with Crippen molar-refractivity contribution in [3.8, 4) is 11.4 Å². The van der Waals surface area contributed by atoms with Gasteiger partial charge in [0.15, 0.2) is 0 Å². The average molecular weight is 465 g/mol. The lowest BCUT2D eigenvalue weighted by molar-refractivity contribution is 0.0551. The third-order valence-corrected chi connectivity index (χ3v) is 4.79. The summed E-state index contributed by atoms with van der Waals surface area (Å²) in [5, 5.41) is 6.13. The van der Waals surface area contributed by atoms with Crippen molar-refractivity contribution >= 4 is 40.3 Å².